The average molecular weight is 284 g/mol. The number of nitrogens with zero attached hydrogens (tertiary/aromatic N) is 1. The van der Waals surface area contributed by atoms with Crippen LogP contribution in [0.2, 0.25) is 0 Å². The van der Waals surface area contributed by atoms with E-state index in [0.717, 1.165) is 12.2 Å². The lowest BCUT2D eigenvalue weighted by Gasteiger charge is -2.22. The summed E-state index contributed by atoms with van der Waals surface area (Å²) in [5.74, 6) is 0.176. The van der Waals surface area contributed by atoms with Crippen LogP contribution in [-0.2, 0) is 16.4 Å². The van der Waals surface area contributed by atoms with Gasteiger partial charge in [-0.05, 0) is 11.6 Å². The molecule has 1 rings (SSSR count). The van der Waals surface area contributed by atoms with Gasteiger partial charge < -0.3 is 10.2 Å². The molecule has 0 atom stereocenters. The van der Waals surface area contributed by atoms with Gasteiger partial charge in [0.05, 0.1) is 5.75 Å². The van der Waals surface area contributed by atoms with Gasteiger partial charge >= 0.3 is 0 Å². The molecule has 5 heteroatoms. The van der Waals surface area contributed by atoms with Crippen molar-refractivity contribution in [3.63, 3.8) is 0 Å². The van der Waals surface area contributed by atoms with Crippen LogP contribution < -0.4 is 10.2 Å². The van der Waals surface area contributed by atoms with Crippen molar-refractivity contribution in [1.29, 1.82) is 0 Å². The summed E-state index contributed by atoms with van der Waals surface area (Å²) in [6.45, 7) is 5.51. The summed E-state index contributed by atoms with van der Waals surface area (Å²) in [5.41, 5.74) is 2.27. The van der Waals surface area contributed by atoms with Gasteiger partial charge in [0, 0.05) is 38.1 Å². The molecular formula is C14H24N2O2S. The molecule has 0 amide bonds. The highest BCUT2D eigenvalue weighted by atomic mass is 32.2. The van der Waals surface area contributed by atoms with Gasteiger partial charge in [0.2, 0.25) is 0 Å². The Morgan fingerprint density at radius 2 is 1.89 bits per heavy atom. The number of anilines is 1. The fourth-order valence-corrected chi connectivity index (χ4v) is 2.38. The number of hydrogen-bond donors (Lipinski definition) is 1. The number of para-hydroxylation sites is 1. The summed E-state index contributed by atoms with van der Waals surface area (Å²) < 4.78 is 22.5. The SMILES string of the molecule is CC(C)NCc1ccccc1N(C)CCS(C)(=O)=O. The number of sulfone groups is 1. The fraction of sp³-hybridized carbons (Fsp3) is 0.571. The normalized spacial score (nSPS) is 11.8. The van der Waals surface area contributed by atoms with Crippen LogP contribution in [0.5, 0.6) is 0 Å². The third-order valence-corrected chi connectivity index (χ3v) is 3.83. The van der Waals surface area contributed by atoms with E-state index in [-0.39, 0.29) is 5.75 Å². The molecule has 108 valence electrons. The largest absolute Gasteiger partial charge is 0.373 e. The van der Waals surface area contributed by atoms with Crippen LogP contribution in [0.4, 0.5) is 5.69 Å². The Balaban J connectivity index is 2.75. The number of hydrogen-bond acceptors (Lipinski definition) is 4. The van der Waals surface area contributed by atoms with E-state index in [2.05, 4.69) is 25.2 Å². The predicted octanol–water partition coefficient (Wildman–Crippen LogP) is 1.67. The average Bonchev–Trinajstić information content (AvgIpc) is 2.33. The van der Waals surface area contributed by atoms with Crippen LogP contribution >= 0.6 is 0 Å². The van der Waals surface area contributed by atoms with E-state index >= 15 is 0 Å². The fourth-order valence-electron chi connectivity index (χ4n) is 1.77. The van der Waals surface area contributed by atoms with Crippen LogP contribution in [-0.4, -0.2) is 40.1 Å². The molecular weight excluding hydrogens is 260 g/mol. The van der Waals surface area contributed by atoms with E-state index in [0.29, 0.717) is 12.6 Å². The monoisotopic (exact) mass is 284 g/mol. The first kappa shape index (κ1) is 16.0. The van der Waals surface area contributed by atoms with Crippen molar-refractivity contribution in [3.8, 4) is 0 Å². The second kappa shape index (κ2) is 6.91. The minimum atomic E-state index is -2.92. The lowest BCUT2D eigenvalue weighted by atomic mass is 10.1. The topological polar surface area (TPSA) is 49.4 Å². The van der Waals surface area contributed by atoms with Crippen molar-refractivity contribution in [2.24, 2.45) is 0 Å². The van der Waals surface area contributed by atoms with Gasteiger partial charge in [-0.1, -0.05) is 32.0 Å². The van der Waals surface area contributed by atoms with E-state index in [4.69, 9.17) is 0 Å². The van der Waals surface area contributed by atoms with Gasteiger partial charge in [-0.15, -0.1) is 0 Å². The molecule has 0 radical (unpaired) electrons. The first-order valence-corrected chi connectivity index (χ1v) is 8.56. The van der Waals surface area contributed by atoms with Crippen molar-refractivity contribution >= 4 is 15.5 Å². The zero-order valence-electron chi connectivity index (χ0n) is 12.2. The highest BCUT2D eigenvalue weighted by Gasteiger charge is 2.10. The summed E-state index contributed by atoms with van der Waals surface area (Å²) in [4.78, 5) is 2.00. The molecule has 0 unspecified atom stereocenters. The first-order valence-electron chi connectivity index (χ1n) is 6.50. The third kappa shape index (κ3) is 6.07. The Kier molecular flexibility index (Phi) is 5.82. The van der Waals surface area contributed by atoms with Gasteiger partial charge in [0.25, 0.3) is 0 Å². The Morgan fingerprint density at radius 1 is 1.26 bits per heavy atom. The molecule has 4 nitrogen and oxygen atoms in total. The molecule has 1 aromatic rings. The second-order valence-corrected chi connectivity index (χ2v) is 7.48. The molecule has 19 heavy (non-hydrogen) atoms. The van der Waals surface area contributed by atoms with Gasteiger partial charge in [-0.2, -0.15) is 0 Å². The van der Waals surface area contributed by atoms with E-state index in [1.165, 1.54) is 11.8 Å². The van der Waals surface area contributed by atoms with Gasteiger partial charge in [0.1, 0.15) is 9.84 Å². The van der Waals surface area contributed by atoms with E-state index in [9.17, 15) is 8.42 Å². The van der Waals surface area contributed by atoms with Crippen LogP contribution in [0.25, 0.3) is 0 Å². The maximum atomic E-state index is 11.2. The van der Waals surface area contributed by atoms with Crippen LogP contribution in [0.15, 0.2) is 24.3 Å². The van der Waals surface area contributed by atoms with Gasteiger partial charge in [-0.25, -0.2) is 8.42 Å². The Bertz CT molecular complexity index is 498. The number of benzene rings is 1. The van der Waals surface area contributed by atoms with Crippen LogP contribution in [0.1, 0.15) is 19.4 Å². The third-order valence-electron chi connectivity index (χ3n) is 2.90. The van der Waals surface area contributed by atoms with E-state index in [1.807, 2.05) is 30.1 Å². The van der Waals surface area contributed by atoms with Crippen LogP contribution in [0, 0.1) is 0 Å². The highest BCUT2D eigenvalue weighted by Crippen LogP contribution is 2.19. The van der Waals surface area contributed by atoms with Crippen LogP contribution in [0.3, 0.4) is 0 Å². The molecule has 0 aliphatic heterocycles. The quantitative estimate of drug-likeness (QED) is 0.827. The summed E-state index contributed by atoms with van der Waals surface area (Å²) >= 11 is 0. The number of rotatable bonds is 7. The zero-order chi connectivity index (χ0) is 14.5. The lowest BCUT2D eigenvalue weighted by molar-refractivity contribution is 0.588. The molecule has 1 aromatic carbocycles. The zero-order valence-corrected chi connectivity index (χ0v) is 13.0. The molecule has 0 aliphatic carbocycles. The maximum Gasteiger partial charge on any atom is 0.149 e. The standard InChI is InChI=1S/C14H24N2O2S/c1-12(2)15-11-13-7-5-6-8-14(13)16(3)9-10-19(4,17)18/h5-8,12,15H,9-11H2,1-4H3. The molecule has 0 saturated carbocycles. The highest BCUT2D eigenvalue weighted by molar-refractivity contribution is 7.90. The minimum Gasteiger partial charge on any atom is -0.373 e. The first-order chi connectivity index (χ1) is 8.79. The molecule has 1 N–H and O–H groups in total. The van der Waals surface area contributed by atoms with Crippen molar-refractivity contribution < 1.29 is 8.42 Å². The van der Waals surface area contributed by atoms with Crippen molar-refractivity contribution in [1.82, 2.24) is 5.32 Å². The Morgan fingerprint density at radius 3 is 2.47 bits per heavy atom. The predicted molar refractivity (Wildman–Crippen MR) is 81.4 cm³/mol. The molecule has 0 saturated heterocycles. The number of nitrogens with one attached hydrogen (secondary N) is 1. The van der Waals surface area contributed by atoms with Gasteiger partial charge in [-0.3, -0.25) is 0 Å². The molecule has 0 fully saturated rings. The lowest BCUT2D eigenvalue weighted by Crippen LogP contribution is -2.27. The van der Waals surface area contributed by atoms with Crippen molar-refractivity contribution in [2.75, 3.05) is 30.5 Å². The van der Waals surface area contributed by atoms with Crippen molar-refractivity contribution in [2.45, 2.75) is 26.4 Å². The van der Waals surface area contributed by atoms with Crippen molar-refractivity contribution in [3.05, 3.63) is 29.8 Å². The molecule has 0 aromatic heterocycles. The smallest absolute Gasteiger partial charge is 0.149 e. The van der Waals surface area contributed by atoms with Gasteiger partial charge in [0.15, 0.2) is 0 Å². The second-order valence-electron chi connectivity index (χ2n) is 5.22. The van der Waals surface area contributed by atoms with E-state index in [1.54, 1.807) is 0 Å². The Labute approximate surface area is 116 Å². The molecule has 0 bridgehead atoms. The van der Waals surface area contributed by atoms with E-state index < -0.39 is 9.84 Å². The molecule has 0 heterocycles. The molecule has 0 spiro atoms. The summed E-state index contributed by atoms with van der Waals surface area (Å²) in [6, 6.07) is 8.51. The summed E-state index contributed by atoms with van der Waals surface area (Å²) in [6.07, 6.45) is 1.27. The maximum absolute atomic E-state index is 11.2. The molecule has 0 aliphatic rings. The minimum absolute atomic E-state index is 0.176. The summed E-state index contributed by atoms with van der Waals surface area (Å²) in [7, 11) is -0.993. The Hall–Kier alpha value is -1.07. The summed E-state index contributed by atoms with van der Waals surface area (Å²) in [5, 5.41) is 3.38.